The first-order chi connectivity index (χ1) is 13.2. The molecule has 2 heterocycles. The van der Waals surface area contributed by atoms with E-state index < -0.39 is 0 Å². The van der Waals surface area contributed by atoms with Gasteiger partial charge in [-0.25, -0.2) is 0 Å². The largest absolute Gasteiger partial charge is 0.353 e. The van der Waals surface area contributed by atoms with Crippen LogP contribution >= 0.6 is 11.3 Å². The van der Waals surface area contributed by atoms with Crippen LogP contribution < -0.4 is 10.9 Å². The number of hydrogen-bond acceptors (Lipinski definition) is 4. The summed E-state index contributed by atoms with van der Waals surface area (Å²) in [6, 6.07) is 23.3. The lowest BCUT2D eigenvalue weighted by Gasteiger charge is -2.09. The van der Waals surface area contributed by atoms with Crippen molar-refractivity contribution < 1.29 is 0 Å². The van der Waals surface area contributed by atoms with Crippen LogP contribution in [0, 0.1) is 11.3 Å². The molecule has 0 aliphatic heterocycles. The summed E-state index contributed by atoms with van der Waals surface area (Å²) in [5.74, 6) is 0. The van der Waals surface area contributed by atoms with Crippen molar-refractivity contribution >= 4 is 32.9 Å². The molecule has 0 unspecified atom stereocenters. The molecule has 0 bridgehead atoms. The van der Waals surface area contributed by atoms with Gasteiger partial charge in [0.15, 0.2) is 0 Å². The fourth-order valence-corrected chi connectivity index (χ4v) is 4.19. The maximum Gasteiger partial charge on any atom is 0.256 e. The molecule has 2 aromatic carbocycles. The quantitative estimate of drug-likeness (QED) is 0.534. The lowest BCUT2D eigenvalue weighted by atomic mass is 10.1. The first kappa shape index (κ1) is 17.1. The Balaban J connectivity index is 1.92. The fourth-order valence-electron chi connectivity index (χ4n) is 3.12. The van der Waals surface area contributed by atoms with Gasteiger partial charge in [-0.2, -0.15) is 5.26 Å². The van der Waals surface area contributed by atoms with Crippen molar-refractivity contribution in [3.8, 4) is 11.8 Å². The van der Waals surface area contributed by atoms with E-state index in [1.54, 1.807) is 16.7 Å². The van der Waals surface area contributed by atoms with E-state index in [9.17, 15) is 10.1 Å². The number of benzene rings is 2. The van der Waals surface area contributed by atoms with E-state index in [1.165, 1.54) is 16.9 Å². The van der Waals surface area contributed by atoms with Crippen molar-refractivity contribution in [3.63, 3.8) is 0 Å². The predicted octanol–water partition coefficient (Wildman–Crippen LogP) is 5.23. The van der Waals surface area contributed by atoms with E-state index in [1.807, 2.05) is 42.5 Å². The van der Waals surface area contributed by atoms with E-state index in [0.717, 1.165) is 33.7 Å². The van der Waals surface area contributed by atoms with E-state index in [4.69, 9.17) is 0 Å². The Kier molecular flexibility index (Phi) is 4.49. The van der Waals surface area contributed by atoms with E-state index >= 15 is 0 Å². The van der Waals surface area contributed by atoms with Crippen molar-refractivity contribution in [2.45, 2.75) is 13.3 Å². The molecular formula is C22H17N3OS. The third kappa shape index (κ3) is 3.12. The Labute approximate surface area is 160 Å². The molecule has 4 rings (SSSR count). The smallest absolute Gasteiger partial charge is 0.256 e. The maximum atomic E-state index is 12.6. The summed E-state index contributed by atoms with van der Waals surface area (Å²) in [6.07, 6.45) is 0.943. The molecule has 0 amide bonds. The second-order valence-electron chi connectivity index (χ2n) is 6.16. The van der Waals surface area contributed by atoms with Crippen LogP contribution in [0.5, 0.6) is 0 Å². The number of anilines is 2. The zero-order valence-corrected chi connectivity index (χ0v) is 15.6. The number of nitrogens with zero attached hydrogens (tertiary/aromatic N) is 2. The number of para-hydroxylation sites is 1. The van der Waals surface area contributed by atoms with Crippen LogP contribution in [0.3, 0.4) is 0 Å². The molecule has 0 aliphatic rings. The Morgan fingerprint density at radius 3 is 2.63 bits per heavy atom. The van der Waals surface area contributed by atoms with E-state index in [-0.39, 0.29) is 5.56 Å². The number of nitrogens with one attached hydrogen (secondary N) is 1. The normalized spacial score (nSPS) is 10.7. The van der Waals surface area contributed by atoms with Gasteiger partial charge in [0.2, 0.25) is 0 Å². The first-order valence-corrected chi connectivity index (χ1v) is 9.53. The highest BCUT2D eigenvalue weighted by Crippen LogP contribution is 2.37. The minimum Gasteiger partial charge on any atom is -0.353 e. The Hall–Kier alpha value is -3.36. The molecule has 0 aliphatic carbocycles. The number of aromatic nitrogens is 1. The van der Waals surface area contributed by atoms with Crippen molar-refractivity contribution in [3.05, 3.63) is 87.5 Å². The summed E-state index contributed by atoms with van der Waals surface area (Å²) in [5, 5.41) is 13.9. The lowest BCUT2D eigenvalue weighted by molar-refractivity contribution is 1.06. The molecule has 4 nitrogen and oxygen atoms in total. The molecule has 0 saturated heterocycles. The molecule has 0 fully saturated rings. The number of thiophene rings is 1. The summed E-state index contributed by atoms with van der Waals surface area (Å²) in [5.41, 5.74) is 3.58. The third-order valence-electron chi connectivity index (χ3n) is 4.46. The van der Waals surface area contributed by atoms with Gasteiger partial charge in [-0.15, -0.1) is 11.3 Å². The van der Waals surface area contributed by atoms with Crippen molar-refractivity contribution in [2.75, 3.05) is 5.32 Å². The van der Waals surface area contributed by atoms with E-state index in [2.05, 4.69) is 30.4 Å². The molecule has 0 radical (unpaired) electrons. The summed E-state index contributed by atoms with van der Waals surface area (Å²) < 4.78 is 1.66. The van der Waals surface area contributed by atoms with Gasteiger partial charge in [0.25, 0.3) is 5.56 Å². The van der Waals surface area contributed by atoms with Gasteiger partial charge in [0.1, 0.15) is 15.8 Å². The van der Waals surface area contributed by atoms with Gasteiger partial charge in [-0.1, -0.05) is 37.3 Å². The Morgan fingerprint density at radius 2 is 1.89 bits per heavy atom. The number of nitriles is 1. The second-order valence-corrected chi connectivity index (χ2v) is 7.16. The zero-order valence-electron chi connectivity index (χ0n) is 14.8. The molecule has 132 valence electrons. The van der Waals surface area contributed by atoms with Crippen LogP contribution in [0.1, 0.15) is 17.4 Å². The highest BCUT2D eigenvalue weighted by atomic mass is 32.1. The third-order valence-corrected chi connectivity index (χ3v) is 5.56. The topological polar surface area (TPSA) is 57.8 Å². The average molecular weight is 371 g/mol. The molecule has 2 aromatic heterocycles. The highest BCUT2D eigenvalue weighted by molar-refractivity contribution is 7.20. The molecule has 4 aromatic rings. The van der Waals surface area contributed by atoms with Crippen LogP contribution in [0.4, 0.5) is 11.4 Å². The maximum absolute atomic E-state index is 12.6. The Bertz CT molecular complexity index is 1220. The SMILES string of the molecule is CCc1cccc(Nc2c(C#N)sc3c2ccc(=O)n3-c2ccccc2)c1. The monoisotopic (exact) mass is 371 g/mol. The van der Waals surface area contributed by atoms with Gasteiger partial charge in [0, 0.05) is 17.1 Å². The van der Waals surface area contributed by atoms with Crippen molar-refractivity contribution in [1.29, 1.82) is 5.26 Å². The van der Waals surface area contributed by atoms with E-state index in [0.29, 0.717) is 4.88 Å². The molecule has 0 atom stereocenters. The van der Waals surface area contributed by atoms with Gasteiger partial charge >= 0.3 is 0 Å². The molecular weight excluding hydrogens is 354 g/mol. The number of hydrogen-bond donors (Lipinski definition) is 1. The second kappa shape index (κ2) is 7.10. The summed E-state index contributed by atoms with van der Waals surface area (Å²) in [6.45, 7) is 2.11. The summed E-state index contributed by atoms with van der Waals surface area (Å²) in [7, 11) is 0. The fraction of sp³-hybridized carbons (Fsp3) is 0.0909. The first-order valence-electron chi connectivity index (χ1n) is 8.71. The number of aryl methyl sites for hydroxylation is 1. The number of rotatable bonds is 4. The predicted molar refractivity (Wildman–Crippen MR) is 111 cm³/mol. The van der Waals surface area contributed by atoms with Crippen LogP contribution in [-0.2, 0) is 6.42 Å². The molecule has 0 saturated carbocycles. The van der Waals surface area contributed by atoms with Gasteiger partial charge in [-0.05, 0) is 42.3 Å². The lowest BCUT2D eigenvalue weighted by Crippen LogP contribution is -2.16. The number of fused-ring (bicyclic) bond motifs is 1. The summed E-state index contributed by atoms with van der Waals surface area (Å²) in [4.78, 5) is 13.9. The van der Waals surface area contributed by atoms with Gasteiger partial charge in [-0.3, -0.25) is 9.36 Å². The summed E-state index contributed by atoms with van der Waals surface area (Å²) >= 11 is 1.33. The molecule has 0 spiro atoms. The molecule has 1 N–H and O–H groups in total. The van der Waals surface area contributed by atoms with Crippen molar-refractivity contribution in [1.82, 2.24) is 4.57 Å². The molecule has 5 heteroatoms. The zero-order chi connectivity index (χ0) is 18.8. The molecule has 27 heavy (non-hydrogen) atoms. The van der Waals surface area contributed by atoms with Gasteiger partial charge in [0.05, 0.1) is 11.4 Å². The van der Waals surface area contributed by atoms with Gasteiger partial charge < -0.3 is 5.32 Å². The number of pyridine rings is 1. The van der Waals surface area contributed by atoms with Crippen LogP contribution in [-0.4, -0.2) is 4.57 Å². The Morgan fingerprint density at radius 1 is 1.07 bits per heavy atom. The average Bonchev–Trinajstić information content (AvgIpc) is 3.06. The minimum atomic E-state index is -0.112. The minimum absolute atomic E-state index is 0.112. The van der Waals surface area contributed by atoms with Crippen LogP contribution in [0.15, 0.2) is 71.5 Å². The van der Waals surface area contributed by atoms with Crippen molar-refractivity contribution in [2.24, 2.45) is 0 Å². The van der Waals surface area contributed by atoms with Crippen LogP contribution in [0.25, 0.3) is 15.9 Å². The standard InChI is InChI=1S/C22H17N3OS/c1-2-15-7-6-8-16(13-15)24-21-18-11-12-20(26)25(17-9-4-3-5-10-17)22(18)27-19(21)14-23/h3-13,24H,2H2,1H3. The highest BCUT2D eigenvalue weighted by Gasteiger charge is 2.17. The van der Waals surface area contributed by atoms with Crippen LogP contribution in [0.2, 0.25) is 0 Å².